The second-order valence-corrected chi connectivity index (χ2v) is 4.27. The second kappa shape index (κ2) is 5.14. The maximum Gasteiger partial charge on any atom is 0.357 e. The Balaban J connectivity index is 2.01. The number of pyridine rings is 1. The number of anilines is 1. The largest absolute Gasteiger partial charge is 0.453 e. The fraction of sp³-hybridized carbons (Fsp3) is 0.500. The van der Waals surface area contributed by atoms with Gasteiger partial charge in [0.25, 0.3) is 0 Å². The van der Waals surface area contributed by atoms with Crippen LogP contribution in [0.4, 0.5) is 5.82 Å². The predicted octanol–water partition coefficient (Wildman–Crippen LogP) is 1.46. The molecule has 0 aliphatic carbocycles. The molecule has 0 unspecified atom stereocenters. The minimum absolute atomic E-state index is 0.119. The van der Waals surface area contributed by atoms with Crippen LogP contribution in [0.25, 0.3) is 0 Å². The predicted molar refractivity (Wildman–Crippen MR) is 63.0 cm³/mol. The molecule has 92 valence electrons. The number of aromatic nitrogens is 1. The Morgan fingerprint density at radius 1 is 1.53 bits per heavy atom. The summed E-state index contributed by atoms with van der Waals surface area (Å²) in [5, 5.41) is 3.14. The van der Waals surface area contributed by atoms with E-state index in [0.717, 1.165) is 0 Å². The number of carbonyl (C=O) groups excluding carboxylic acids is 1. The molecule has 0 atom stereocenters. The van der Waals surface area contributed by atoms with Gasteiger partial charge in [0.1, 0.15) is 11.9 Å². The van der Waals surface area contributed by atoms with E-state index in [9.17, 15) is 4.79 Å². The minimum atomic E-state index is -0.397. The van der Waals surface area contributed by atoms with Crippen molar-refractivity contribution in [3.8, 4) is 0 Å². The number of hydrogen-bond donors (Lipinski definition) is 1. The SMILES string of the molecule is CC(C)Nc1cccc(C(=O)OC2COC2)n1. The van der Waals surface area contributed by atoms with Gasteiger partial charge in [-0.05, 0) is 26.0 Å². The van der Waals surface area contributed by atoms with Crippen molar-refractivity contribution >= 4 is 11.8 Å². The van der Waals surface area contributed by atoms with Gasteiger partial charge < -0.3 is 14.8 Å². The lowest BCUT2D eigenvalue weighted by molar-refractivity contribution is -0.103. The minimum Gasteiger partial charge on any atom is -0.453 e. The van der Waals surface area contributed by atoms with E-state index in [0.29, 0.717) is 24.7 Å². The molecule has 17 heavy (non-hydrogen) atoms. The Morgan fingerprint density at radius 3 is 2.88 bits per heavy atom. The van der Waals surface area contributed by atoms with Crippen LogP contribution in [-0.2, 0) is 9.47 Å². The van der Waals surface area contributed by atoms with Crippen molar-refractivity contribution in [2.75, 3.05) is 18.5 Å². The Hall–Kier alpha value is -1.62. The van der Waals surface area contributed by atoms with Crippen LogP contribution in [0, 0.1) is 0 Å². The number of esters is 1. The number of hydrogen-bond acceptors (Lipinski definition) is 5. The van der Waals surface area contributed by atoms with Crippen molar-refractivity contribution in [3.63, 3.8) is 0 Å². The molecular formula is C12H16N2O3. The fourth-order valence-corrected chi connectivity index (χ4v) is 1.42. The van der Waals surface area contributed by atoms with E-state index in [-0.39, 0.29) is 12.1 Å². The van der Waals surface area contributed by atoms with Gasteiger partial charge in [-0.25, -0.2) is 9.78 Å². The molecule has 0 bridgehead atoms. The van der Waals surface area contributed by atoms with E-state index in [4.69, 9.17) is 9.47 Å². The molecule has 1 aromatic heterocycles. The summed E-state index contributed by atoms with van der Waals surface area (Å²) in [5.74, 6) is 0.282. The Labute approximate surface area is 100 Å². The number of nitrogens with zero attached hydrogens (tertiary/aromatic N) is 1. The Bertz CT molecular complexity index is 402. The summed E-state index contributed by atoms with van der Waals surface area (Å²) in [7, 11) is 0. The van der Waals surface area contributed by atoms with E-state index in [2.05, 4.69) is 10.3 Å². The quantitative estimate of drug-likeness (QED) is 0.802. The second-order valence-electron chi connectivity index (χ2n) is 4.27. The molecule has 2 rings (SSSR count). The molecule has 1 fully saturated rings. The van der Waals surface area contributed by atoms with Gasteiger partial charge in [0.2, 0.25) is 0 Å². The van der Waals surface area contributed by atoms with Gasteiger partial charge in [-0.2, -0.15) is 0 Å². The molecule has 1 saturated heterocycles. The van der Waals surface area contributed by atoms with Crippen LogP contribution in [0.5, 0.6) is 0 Å². The first-order valence-electron chi connectivity index (χ1n) is 5.67. The van der Waals surface area contributed by atoms with Crippen molar-refractivity contribution < 1.29 is 14.3 Å². The summed E-state index contributed by atoms with van der Waals surface area (Å²) in [6.07, 6.45) is -0.119. The molecule has 5 nitrogen and oxygen atoms in total. The molecule has 1 aliphatic heterocycles. The first-order valence-corrected chi connectivity index (χ1v) is 5.67. The van der Waals surface area contributed by atoms with Crippen LogP contribution in [0.1, 0.15) is 24.3 Å². The van der Waals surface area contributed by atoms with Crippen molar-refractivity contribution in [1.29, 1.82) is 0 Å². The third kappa shape index (κ3) is 3.17. The topological polar surface area (TPSA) is 60.5 Å². The van der Waals surface area contributed by atoms with Gasteiger partial charge in [0.05, 0.1) is 13.2 Å². The van der Waals surface area contributed by atoms with E-state index in [1.54, 1.807) is 12.1 Å². The zero-order valence-electron chi connectivity index (χ0n) is 9.97. The number of rotatable bonds is 4. The van der Waals surface area contributed by atoms with Crippen molar-refractivity contribution in [1.82, 2.24) is 4.98 Å². The fourth-order valence-electron chi connectivity index (χ4n) is 1.42. The lowest BCUT2D eigenvalue weighted by Crippen LogP contribution is -2.38. The van der Waals surface area contributed by atoms with Gasteiger partial charge in [0, 0.05) is 6.04 Å². The first-order chi connectivity index (χ1) is 8.15. The van der Waals surface area contributed by atoms with Gasteiger partial charge in [-0.1, -0.05) is 6.07 Å². The highest BCUT2D eigenvalue weighted by atomic mass is 16.6. The van der Waals surface area contributed by atoms with E-state index < -0.39 is 5.97 Å². The average Bonchev–Trinajstić information content (AvgIpc) is 2.22. The lowest BCUT2D eigenvalue weighted by atomic mass is 10.3. The van der Waals surface area contributed by atoms with E-state index in [1.807, 2.05) is 19.9 Å². The maximum absolute atomic E-state index is 11.7. The summed E-state index contributed by atoms with van der Waals surface area (Å²) in [6.45, 7) is 4.99. The highest BCUT2D eigenvalue weighted by Crippen LogP contribution is 2.11. The zero-order chi connectivity index (χ0) is 12.3. The molecule has 0 spiro atoms. The smallest absolute Gasteiger partial charge is 0.357 e. The van der Waals surface area contributed by atoms with Crippen LogP contribution >= 0.6 is 0 Å². The summed E-state index contributed by atoms with van der Waals surface area (Å²) in [4.78, 5) is 15.9. The molecule has 0 saturated carbocycles. The number of nitrogens with one attached hydrogen (secondary N) is 1. The zero-order valence-corrected chi connectivity index (χ0v) is 9.97. The van der Waals surface area contributed by atoms with Crippen LogP contribution in [-0.4, -0.2) is 36.3 Å². The molecule has 0 radical (unpaired) electrons. The highest BCUT2D eigenvalue weighted by Gasteiger charge is 2.24. The van der Waals surface area contributed by atoms with Crippen LogP contribution in [0.2, 0.25) is 0 Å². The van der Waals surface area contributed by atoms with Crippen LogP contribution in [0.15, 0.2) is 18.2 Å². The van der Waals surface area contributed by atoms with E-state index in [1.165, 1.54) is 0 Å². The summed E-state index contributed by atoms with van der Waals surface area (Å²) >= 11 is 0. The third-order valence-corrected chi connectivity index (χ3v) is 2.28. The molecule has 0 aromatic carbocycles. The summed E-state index contributed by atoms with van der Waals surface area (Å²) in [5.41, 5.74) is 0.322. The molecule has 2 heterocycles. The molecule has 5 heteroatoms. The highest BCUT2D eigenvalue weighted by molar-refractivity contribution is 5.87. The van der Waals surface area contributed by atoms with Crippen LogP contribution in [0.3, 0.4) is 0 Å². The normalized spacial score (nSPS) is 15.5. The third-order valence-electron chi connectivity index (χ3n) is 2.28. The van der Waals surface area contributed by atoms with Gasteiger partial charge in [-0.15, -0.1) is 0 Å². The standard InChI is InChI=1S/C12H16N2O3/c1-8(2)13-11-5-3-4-10(14-11)12(15)17-9-6-16-7-9/h3-5,8-9H,6-7H2,1-2H3,(H,13,14). The molecule has 1 aromatic rings. The van der Waals surface area contributed by atoms with E-state index >= 15 is 0 Å². The summed E-state index contributed by atoms with van der Waals surface area (Å²) in [6, 6.07) is 5.52. The van der Waals surface area contributed by atoms with Gasteiger partial charge in [-0.3, -0.25) is 0 Å². The summed E-state index contributed by atoms with van der Waals surface area (Å²) < 4.78 is 10.1. The molecular weight excluding hydrogens is 220 g/mol. The molecule has 1 N–H and O–H groups in total. The monoisotopic (exact) mass is 236 g/mol. The lowest BCUT2D eigenvalue weighted by Gasteiger charge is -2.25. The number of ether oxygens (including phenoxy) is 2. The van der Waals surface area contributed by atoms with Crippen molar-refractivity contribution in [3.05, 3.63) is 23.9 Å². The Morgan fingerprint density at radius 2 is 2.29 bits per heavy atom. The van der Waals surface area contributed by atoms with Gasteiger partial charge >= 0.3 is 5.97 Å². The van der Waals surface area contributed by atoms with Crippen molar-refractivity contribution in [2.24, 2.45) is 0 Å². The maximum atomic E-state index is 11.7. The average molecular weight is 236 g/mol. The molecule has 1 aliphatic rings. The molecule has 0 amide bonds. The first kappa shape index (κ1) is 11.9. The van der Waals surface area contributed by atoms with Crippen molar-refractivity contribution in [2.45, 2.75) is 26.0 Å². The van der Waals surface area contributed by atoms with Crippen LogP contribution < -0.4 is 5.32 Å². The number of carbonyl (C=O) groups is 1. The van der Waals surface area contributed by atoms with Gasteiger partial charge in [0.15, 0.2) is 5.69 Å². The Kier molecular flexibility index (Phi) is 3.58.